The zero-order chi connectivity index (χ0) is 12.7. The van der Waals surface area contributed by atoms with E-state index in [1.165, 1.54) is 12.8 Å². The standard InChI is InChI=1S/C14H28N2O/c1-4-5-8-14(17)16-9-6-7-13(11-16)10-15-12(2)3/h12-13,15H,4-11H2,1-3H3. The number of hydrogen-bond acceptors (Lipinski definition) is 2. The molecule has 1 aliphatic heterocycles. The fraction of sp³-hybridized carbons (Fsp3) is 0.929. The molecule has 1 rings (SSSR count). The smallest absolute Gasteiger partial charge is 0.222 e. The van der Waals surface area contributed by atoms with Gasteiger partial charge in [-0.2, -0.15) is 0 Å². The largest absolute Gasteiger partial charge is 0.342 e. The van der Waals surface area contributed by atoms with Gasteiger partial charge in [-0.15, -0.1) is 0 Å². The molecule has 1 amide bonds. The van der Waals surface area contributed by atoms with Crippen LogP contribution in [0.25, 0.3) is 0 Å². The Morgan fingerprint density at radius 3 is 2.88 bits per heavy atom. The highest BCUT2D eigenvalue weighted by atomic mass is 16.2. The molecule has 0 aromatic rings. The number of nitrogens with one attached hydrogen (secondary N) is 1. The van der Waals surface area contributed by atoms with Gasteiger partial charge < -0.3 is 10.2 Å². The predicted molar refractivity (Wildman–Crippen MR) is 72.0 cm³/mol. The Balaban J connectivity index is 2.30. The molecule has 0 spiro atoms. The normalized spacial score (nSPS) is 20.9. The first-order valence-electron chi connectivity index (χ1n) is 7.14. The van der Waals surface area contributed by atoms with Crippen LogP contribution < -0.4 is 5.32 Å². The van der Waals surface area contributed by atoms with Gasteiger partial charge in [0.2, 0.25) is 5.91 Å². The van der Waals surface area contributed by atoms with Gasteiger partial charge in [0.25, 0.3) is 0 Å². The quantitative estimate of drug-likeness (QED) is 0.773. The highest BCUT2D eigenvalue weighted by molar-refractivity contribution is 5.76. The molecular weight excluding hydrogens is 212 g/mol. The molecule has 1 atom stereocenters. The Hall–Kier alpha value is -0.570. The number of likely N-dealkylation sites (tertiary alicyclic amines) is 1. The van der Waals surface area contributed by atoms with Crippen LogP contribution in [0.4, 0.5) is 0 Å². The molecule has 0 aromatic carbocycles. The van der Waals surface area contributed by atoms with Crippen LogP contribution >= 0.6 is 0 Å². The van der Waals surface area contributed by atoms with Crippen LogP contribution in [0.3, 0.4) is 0 Å². The first kappa shape index (κ1) is 14.5. The van der Waals surface area contributed by atoms with Gasteiger partial charge in [0.05, 0.1) is 0 Å². The minimum Gasteiger partial charge on any atom is -0.342 e. The molecule has 0 bridgehead atoms. The molecular formula is C14H28N2O. The lowest BCUT2D eigenvalue weighted by atomic mass is 9.97. The number of amides is 1. The van der Waals surface area contributed by atoms with Crippen LogP contribution in [0, 0.1) is 5.92 Å². The third kappa shape index (κ3) is 5.53. The maximum Gasteiger partial charge on any atom is 0.222 e. The topological polar surface area (TPSA) is 32.3 Å². The molecule has 100 valence electrons. The van der Waals surface area contributed by atoms with E-state index >= 15 is 0 Å². The summed E-state index contributed by atoms with van der Waals surface area (Å²) in [6.07, 6.45) is 5.31. The molecule has 1 heterocycles. The number of carbonyl (C=O) groups excluding carboxylic acids is 1. The van der Waals surface area contributed by atoms with Crippen molar-refractivity contribution in [2.75, 3.05) is 19.6 Å². The van der Waals surface area contributed by atoms with Gasteiger partial charge in [-0.25, -0.2) is 0 Å². The average Bonchev–Trinajstić information content (AvgIpc) is 2.33. The number of carbonyl (C=O) groups is 1. The number of unbranched alkanes of at least 4 members (excludes halogenated alkanes) is 1. The second kappa shape index (κ2) is 7.70. The highest BCUT2D eigenvalue weighted by Gasteiger charge is 2.22. The molecule has 17 heavy (non-hydrogen) atoms. The lowest BCUT2D eigenvalue weighted by Crippen LogP contribution is -2.43. The zero-order valence-corrected chi connectivity index (χ0v) is 11.7. The van der Waals surface area contributed by atoms with Crippen molar-refractivity contribution in [3.05, 3.63) is 0 Å². The number of nitrogens with zero attached hydrogens (tertiary/aromatic N) is 1. The van der Waals surface area contributed by atoms with E-state index in [4.69, 9.17) is 0 Å². The first-order chi connectivity index (χ1) is 8.13. The number of piperidine rings is 1. The van der Waals surface area contributed by atoms with Crippen molar-refractivity contribution in [2.45, 2.75) is 58.9 Å². The van der Waals surface area contributed by atoms with Gasteiger partial charge in [-0.3, -0.25) is 4.79 Å². The van der Waals surface area contributed by atoms with Crippen LogP contribution in [0.5, 0.6) is 0 Å². The Labute approximate surface area is 106 Å². The van der Waals surface area contributed by atoms with E-state index in [-0.39, 0.29) is 0 Å². The van der Waals surface area contributed by atoms with Crippen LogP contribution in [-0.2, 0) is 4.79 Å². The summed E-state index contributed by atoms with van der Waals surface area (Å²) in [5, 5.41) is 3.48. The van der Waals surface area contributed by atoms with E-state index in [0.29, 0.717) is 17.9 Å². The number of hydrogen-bond donors (Lipinski definition) is 1. The first-order valence-corrected chi connectivity index (χ1v) is 7.14. The van der Waals surface area contributed by atoms with E-state index < -0.39 is 0 Å². The molecule has 3 nitrogen and oxygen atoms in total. The molecule has 0 radical (unpaired) electrons. The van der Waals surface area contributed by atoms with Gasteiger partial charge in [-0.05, 0) is 31.7 Å². The maximum absolute atomic E-state index is 11.9. The highest BCUT2D eigenvalue weighted by Crippen LogP contribution is 2.17. The van der Waals surface area contributed by atoms with Crippen molar-refractivity contribution in [3.8, 4) is 0 Å². The molecule has 0 saturated carbocycles. The summed E-state index contributed by atoms with van der Waals surface area (Å²) >= 11 is 0. The van der Waals surface area contributed by atoms with Gasteiger partial charge >= 0.3 is 0 Å². The van der Waals surface area contributed by atoms with Gasteiger partial charge in [0.1, 0.15) is 0 Å². The van der Waals surface area contributed by atoms with Crippen molar-refractivity contribution in [1.82, 2.24) is 10.2 Å². The van der Waals surface area contributed by atoms with Gasteiger partial charge in [0, 0.05) is 25.6 Å². The summed E-state index contributed by atoms with van der Waals surface area (Å²) in [7, 11) is 0. The van der Waals surface area contributed by atoms with Crippen molar-refractivity contribution in [3.63, 3.8) is 0 Å². The number of rotatable bonds is 6. The minimum atomic E-state index is 0.362. The van der Waals surface area contributed by atoms with Gasteiger partial charge in [-0.1, -0.05) is 27.2 Å². The third-order valence-corrected chi connectivity index (χ3v) is 3.43. The summed E-state index contributed by atoms with van der Waals surface area (Å²) < 4.78 is 0. The molecule has 1 N–H and O–H groups in total. The second-order valence-electron chi connectivity index (χ2n) is 5.51. The van der Waals surface area contributed by atoms with E-state index in [2.05, 4.69) is 31.0 Å². The average molecular weight is 240 g/mol. The summed E-state index contributed by atoms with van der Waals surface area (Å²) in [6, 6.07) is 0.543. The fourth-order valence-electron chi connectivity index (χ4n) is 2.35. The Kier molecular flexibility index (Phi) is 6.56. The summed E-state index contributed by atoms with van der Waals surface area (Å²) in [4.78, 5) is 14.0. The van der Waals surface area contributed by atoms with E-state index in [9.17, 15) is 4.79 Å². The second-order valence-corrected chi connectivity index (χ2v) is 5.51. The van der Waals surface area contributed by atoms with Crippen LogP contribution in [0.2, 0.25) is 0 Å². The van der Waals surface area contributed by atoms with E-state index in [0.717, 1.165) is 38.9 Å². The van der Waals surface area contributed by atoms with E-state index in [1.54, 1.807) is 0 Å². The molecule has 1 fully saturated rings. The third-order valence-electron chi connectivity index (χ3n) is 3.43. The van der Waals surface area contributed by atoms with Crippen molar-refractivity contribution < 1.29 is 4.79 Å². The van der Waals surface area contributed by atoms with Crippen LogP contribution in [0.15, 0.2) is 0 Å². The Bertz CT molecular complexity index is 228. The lowest BCUT2D eigenvalue weighted by molar-refractivity contribution is -0.133. The fourth-order valence-corrected chi connectivity index (χ4v) is 2.35. The summed E-state index contributed by atoms with van der Waals surface area (Å²) in [5.74, 6) is 1.01. The molecule has 1 saturated heterocycles. The van der Waals surface area contributed by atoms with Crippen molar-refractivity contribution in [1.29, 1.82) is 0 Å². The van der Waals surface area contributed by atoms with Crippen molar-refractivity contribution >= 4 is 5.91 Å². The zero-order valence-electron chi connectivity index (χ0n) is 11.7. The molecule has 3 heteroatoms. The molecule has 0 aromatic heterocycles. The minimum absolute atomic E-state index is 0.362. The molecule has 1 aliphatic rings. The lowest BCUT2D eigenvalue weighted by Gasteiger charge is -2.33. The molecule has 1 unspecified atom stereocenters. The van der Waals surface area contributed by atoms with Gasteiger partial charge in [0.15, 0.2) is 0 Å². The van der Waals surface area contributed by atoms with E-state index in [1.807, 2.05) is 0 Å². The monoisotopic (exact) mass is 240 g/mol. The Morgan fingerprint density at radius 2 is 2.24 bits per heavy atom. The maximum atomic E-state index is 11.9. The molecule has 0 aliphatic carbocycles. The van der Waals surface area contributed by atoms with Crippen LogP contribution in [0.1, 0.15) is 52.9 Å². The van der Waals surface area contributed by atoms with Crippen molar-refractivity contribution in [2.24, 2.45) is 5.92 Å². The SMILES string of the molecule is CCCCC(=O)N1CCCC(CNC(C)C)C1. The summed E-state index contributed by atoms with van der Waals surface area (Å²) in [6.45, 7) is 9.47. The Morgan fingerprint density at radius 1 is 1.47 bits per heavy atom. The van der Waals surface area contributed by atoms with Crippen LogP contribution in [-0.4, -0.2) is 36.5 Å². The predicted octanol–water partition coefficient (Wildman–Crippen LogP) is 2.41. The summed E-state index contributed by atoms with van der Waals surface area (Å²) in [5.41, 5.74) is 0.